The van der Waals surface area contributed by atoms with Gasteiger partial charge in [0.15, 0.2) is 0 Å². The molecule has 0 bridgehead atoms. The SMILES string of the molecule is CC1CNCCC1Nc1cn[nH]c1. The summed E-state index contributed by atoms with van der Waals surface area (Å²) >= 11 is 0. The zero-order chi connectivity index (χ0) is 9.10. The smallest absolute Gasteiger partial charge is 0.0726 e. The van der Waals surface area contributed by atoms with Gasteiger partial charge in [0.05, 0.1) is 11.9 Å². The van der Waals surface area contributed by atoms with Crippen molar-refractivity contribution in [2.45, 2.75) is 19.4 Å². The van der Waals surface area contributed by atoms with Crippen LogP contribution in [0.2, 0.25) is 0 Å². The van der Waals surface area contributed by atoms with Gasteiger partial charge in [0.1, 0.15) is 0 Å². The topological polar surface area (TPSA) is 52.7 Å². The van der Waals surface area contributed by atoms with Crippen LogP contribution >= 0.6 is 0 Å². The number of anilines is 1. The van der Waals surface area contributed by atoms with Crippen LogP contribution in [0.5, 0.6) is 0 Å². The Morgan fingerprint density at radius 2 is 2.54 bits per heavy atom. The Morgan fingerprint density at radius 1 is 1.62 bits per heavy atom. The van der Waals surface area contributed by atoms with E-state index in [0.717, 1.165) is 18.8 Å². The van der Waals surface area contributed by atoms with Gasteiger partial charge in [0.2, 0.25) is 0 Å². The maximum Gasteiger partial charge on any atom is 0.0726 e. The first-order valence-corrected chi connectivity index (χ1v) is 4.82. The average Bonchev–Trinajstić information content (AvgIpc) is 2.61. The van der Waals surface area contributed by atoms with E-state index < -0.39 is 0 Å². The third kappa shape index (κ3) is 2.01. The number of H-pyrrole nitrogens is 1. The largest absolute Gasteiger partial charge is 0.379 e. The lowest BCUT2D eigenvalue weighted by molar-refractivity contribution is 0.368. The highest BCUT2D eigenvalue weighted by Crippen LogP contribution is 2.15. The van der Waals surface area contributed by atoms with Gasteiger partial charge in [0.25, 0.3) is 0 Å². The Hall–Kier alpha value is -1.03. The maximum atomic E-state index is 3.91. The van der Waals surface area contributed by atoms with Gasteiger partial charge in [-0.2, -0.15) is 5.10 Å². The second kappa shape index (κ2) is 3.79. The molecule has 2 atom stereocenters. The molecule has 72 valence electrons. The zero-order valence-electron chi connectivity index (χ0n) is 7.88. The number of aromatic amines is 1. The summed E-state index contributed by atoms with van der Waals surface area (Å²) in [6, 6.07) is 0.582. The van der Waals surface area contributed by atoms with Crippen LogP contribution in [0.1, 0.15) is 13.3 Å². The number of hydrogen-bond donors (Lipinski definition) is 3. The highest BCUT2D eigenvalue weighted by molar-refractivity contribution is 5.39. The minimum atomic E-state index is 0.582. The van der Waals surface area contributed by atoms with Gasteiger partial charge in [-0.3, -0.25) is 5.10 Å². The molecule has 1 aliphatic heterocycles. The molecule has 1 aromatic heterocycles. The number of piperidine rings is 1. The van der Waals surface area contributed by atoms with Gasteiger partial charge in [-0.15, -0.1) is 0 Å². The van der Waals surface area contributed by atoms with Crippen LogP contribution < -0.4 is 10.6 Å². The van der Waals surface area contributed by atoms with Gasteiger partial charge in [-0.1, -0.05) is 6.92 Å². The molecule has 4 heteroatoms. The van der Waals surface area contributed by atoms with E-state index in [1.807, 2.05) is 12.4 Å². The van der Waals surface area contributed by atoms with Crippen LogP contribution in [-0.4, -0.2) is 29.3 Å². The number of nitrogens with zero attached hydrogens (tertiary/aromatic N) is 1. The van der Waals surface area contributed by atoms with E-state index in [9.17, 15) is 0 Å². The highest BCUT2D eigenvalue weighted by atomic mass is 15.1. The van der Waals surface area contributed by atoms with Crippen LogP contribution in [0.15, 0.2) is 12.4 Å². The second-order valence-electron chi connectivity index (χ2n) is 3.71. The standard InChI is InChI=1S/C9H16N4/c1-7-4-10-3-2-9(7)13-8-5-11-12-6-8/h5-7,9-10,13H,2-4H2,1H3,(H,11,12). The lowest BCUT2D eigenvalue weighted by Crippen LogP contribution is -2.42. The molecule has 0 amide bonds. The summed E-state index contributed by atoms with van der Waals surface area (Å²) in [4.78, 5) is 0. The van der Waals surface area contributed by atoms with Crippen LogP contribution in [-0.2, 0) is 0 Å². The summed E-state index contributed by atoms with van der Waals surface area (Å²) in [5.41, 5.74) is 1.10. The molecule has 0 saturated carbocycles. The summed E-state index contributed by atoms with van der Waals surface area (Å²) in [5.74, 6) is 0.684. The quantitative estimate of drug-likeness (QED) is 0.631. The lowest BCUT2D eigenvalue weighted by Gasteiger charge is -2.30. The van der Waals surface area contributed by atoms with Crippen molar-refractivity contribution in [3.05, 3.63) is 12.4 Å². The molecular formula is C9H16N4. The Morgan fingerprint density at radius 3 is 3.23 bits per heavy atom. The third-order valence-corrected chi connectivity index (χ3v) is 2.64. The van der Waals surface area contributed by atoms with Crippen molar-refractivity contribution in [3.8, 4) is 0 Å². The van der Waals surface area contributed by atoms with E-state index in [1.165, 1.54) is 6.42 Å². The molecule has 3 N–H and O–H groups in total. The van der Waals surface area contributed by atoms with Crippen molar-refractivity contribution in [3.63, 3.8) is 0 Å². The van der Waals surface area contributed by atoms with Crippen molar-refractivity contribution in [2.75, 3.05) is 18.4 Å². The van der Waals surface area contributed by atoms with Crippen LogP contribution in [0.25, 0.3) is 0 Å². The Kier molecular flexibility index (Phi) is 2.49. The number of nitrogens with one attached hydrogen (secondary N) is 3. The fraction of sp³-hybridized carbons (Fsp3) is 0.667. The molecule has 0 radical (unpaired) electrons. The summed E-state index contributed by atoms with van der Waals surface area (Å²) in [6.07, 6.45) is 4.91. The van der Waals surface area contributed by atoms with Gasteiger partial charge in [-0.05, 0) is 25.4 Å². The molecule has 0 aromatic carbocycles. The maximum absolute atomic E-state index is 3.91. The predicted molar refractivity (Wildman–Crippen MR) is 52.6 cm³/mol. The van der Waals surface area contributed by atoms with Gasteiger partial charge in [0, 0.05) is 12.2 Å². The second-order valence-corrected chi connectivity index (χ2v) is 3.71. The van der Waals surface area contributed by atoms with Crippen LogP contribution in [0, 0.1) is 5.92 Å². The van der Waals surface area contributed by atoms with E-state index in [2.05, 4.69) is 27.8 Å². The van der Waals surface area contributed by atoms with Gasteiger partial charge < -0.3 is 10.6 Å². The normalized spacial score (nSPS) is 28.7. The lowest BCUT2D eigenvalue weighted by atomic mass is 9.95. The number of rotatable bonds is 2. The van der Waals surface area contributed by atoms with Crippen LogP contribution in [0.4, 0.5) is 5.69 Å². The van der Waals surface area contributed by atoms with Crippen molar-refractivity contribution >= 4 is 5.69 Å². The van der Waals surface area contributed by atoms with Crippen molar-refractivity contribution in [2.24, 2.45) is 5.92 Å². The van der Waals surface area contributed by atoms with E-state index in [0.29, 0.717) is 12.0 Å². The van der Waals surface area contributed by atoms with E-state index in [1.54, 1.807) is 0 Å². The van der Waals surface area contributed by atoms with E-state index >= 15 is 0 Å². The fourth-order valence-electron chi connectivity index (χ4n) is 1.77. The average molecular weight is 180 g/mol. The molecule has 1 aliphatic rings. The van der Waals surface area contributed by atoms with Gasteiger partial charge in [-0.25, -0.2) is 0 Å². The summed E-state index contributed by atoms with van der Waals surface area (Å²) < 4.78 is 0. The van der Waals surface area contributed by atoms with Crippen molar-refractivity contribution in [1.29, 1.82) is 0 Å². The fourth-order valence-corrected chi connectivity index (χ4v) is 1.77. The molecule has 13 heavy (non-hydrogen) atoms. The Balaban J connectivity index is 1.93. The minimum absolute atomic E-state index is 0.582. The summed E-state index contributed by atoms with van der Waals surface area (Å²) in [6.45, 7) is 4.49. The predicted octanol–water partition coefficient (Wildman–Crippen LogP) is 0.820. The highest BCUT2D eigenvalue weighted by Gasteiger charge is 2.20. The third-order valence-electron chi connectivity index (χ3n) is 2.64. The molecule has 4 nitrogen and oxygen atoms in total. The first-order chi connectivity index (χ1) is 6.36. The molecule has 0 aliphatic carbocycles. The molecule has 2 unspecified atom stereocenters. The molecule has 1 aromatic rings. The first kappa shape index (κ1) is 8.56. The summed E-state index contributed by atoms with van der Waals surface area (Å²) in [7, 11) is 0. The number of aromatic nitrogens is 2. The molecular weight excluding hydrogens is 164 g/mol. The molecule has 1 fully saturated rings. The first-order valence-electron chi connectivity index (χ1n) is 4.82. The number of hydrogen-bond acceptors (Lipinski definition) is 3. The molecule has 1 saturated heterocycles. The molecule has 2 rings (SSSR count). The Labute approximate surface area is 78.1 Å². The van der Waals surface area contributed by atoms with Crippen molar-refractivity contribution < 1.29 is 0 Å². The van der Waals surface area contributed by atoms with Crippen molar-refractivity contribution in [1.82, 2.24) is 15.5 Å². The molecule has 2 heterocycles. The summed E-state index contributed by atoms with van der Waals surface area (Å²) in [5, 5.41) is 13.6. The van der Waals surface area contributed by atoms with Crippen LogP contribution in [0.3, 0.4) is 0 Å². The van der Waals surface area contributed by atoms with Gasteiger partial charge >= 0.3 is 0 Å². The Bertz CT molecular complexity index is 244. The monoisotopic (exact) mass is 180 g/mol. The zero-order valence-corrected chi connectivity index (χ0v) is 7.88. The van der Waals surface area contributed by atoms with E-state index in [4.69, 9.17) is 0 Å². The molecule has 0 spiro atoms. The minimum Gasteiger partial charge on any atom is -0.379 e. The van der Waals surface area contributed by atoms with E-state index in [-0.39, 0.29) is 0 Å².